The van der Waals surface area contributed by atoms with Crippen LogP contribution in [0.3, 0.4) is 0 Å². The van der Waals surface area contributed by atoms with E-state index in [-0.39, 0.29) is 12.0 Å². The molecule has 2 aromatic carbocycles. The molecule has 24 heavy (non-hydrogen) atoms. The van der Waals surface area contributed by atoms with Crippen molar-refractivity contribution < 1.29 is 9.90 Å². The minimum atomic E-state index is -0.655. The maximum Gasteiger partial charge on any atom is 0.306 e. The minimum Gasteiger partial charge on any atom is -0.481 e. The van der Waals surface area contributed by atoms with Crippen molar-refractivity contribution in [3.8, 4) is 0 Å². The van der Waals surface area contributed by atoms with E-state index in [1.165, 1.54) is 22.3 Å². The largest absolute Gasteiger partial charge is 0.481 e. The van der Waals surface area contributed by atoms with Gasteiger partial charge in [0.15, 0.2) is 0 Å². The van der Waals surface area contributed by atoms with Crippen molar-refractivity contribution >= 4 is 5.97 Å². The van der Waals surface area contributed by atoms with Crippen LogP contribution in [0.25, 0.3) is 0 Å². The molecule has 0 amide bonds. The highest BCUT2D eigenvalue weighted by molar-refractivity contribution is 5.70. The summed E-state index contributed by atoms with van der Waals surface area (Å²) in [4.78, 5) is 13.7. The molecule has 1 saturated heterocycles. The summed E-state index contributed by atoms with van der Waals surface area (Å²) >= 11 is 0. The first-order chi connectivity index (χ1) is 11.6. The number of benzene rings is 2. The van der Waals surface area contributed by atoms with Gasteiger partial charge in [0, 0.05) is 0 Å². The molecule has 1 fully saturated rings. The Balaban J connectivity index is 1.95. The lowest BCUT2D eigenvalue weighted by Crippen LogP contribution is -2.39. The number of carboxylic acid groups (broad SMARTS) is 1. The molecule has 3 heteroatoms. The number of aliphatic carboxylic acids is 1. The second kappa shape index (κ2) is 7.18. The van der Waals surface area contributed by atoms with E-state index in [4.69, 9.17) is 0 Å². The van der Waals surface area contributed by atoms with E-state index in [1.807, 2.05) is 6.07 Å². The molecule has 0 bridgehead atoms. The Morgan fingerprint density at radius 3 is 2.38 bits per heavy atom. The number of hydrogen-bond acceptors (Lipinski definition) is 2. The maximum atomic E-state index is 11.3. The van der Waals surface area contributed by atoms with Gasteiger partial charge in [-0.15, -0.1) is 0 Å². The van der Waals surface area contributed by atoms with Crippen molar-refractivity contribution in [1.82, 2.24) is 4.90 Å². The molecule has 1 aliphatic heterocycles. The molecule has 1 aliphatic rings. The fraction of sp³-hybridized carbons (Fsp3) is 0.381. The molecular weight excluding hydrogens is 298 g/mol. The van der Waals surface area contributed by atoms with Crippen molar-refractivity contribution in [3.05, 3.63) is 70.8 Å². The average molecular weight is 323 g/mol. The van der Waals surface area contributed by atoms with Crippen LogP contribution in [-0.4, -0.2) is 29.1 Å². The van der Waals surface area contributed by atoms with E-state index in [0.717, 1.165) is 25.9 Å². The number of carbonyl (C=O) groups is 1. The van der Waals surface area contributed by atoms with Crippen molar-refractivity contribution in [2.24, 2.45) is 5.92 Å². The molecule has 0 aromatic heterocycles. The van der Waals surface area contributed by atoms with Crippen LogP contribution in [0.1, 0.15) is 41.1 Å². The van der Waals surface area contributed by atoms with Crippen LogP contribution < -0.4 is 0 Å². The van der Waals surface area contributed by atoms with Gasteiger partial charge in [0.2, 0.25) is 0 Å². The van der Waals surface area contributed by atoms with Crippen LogP contribution in [-0.2, 0) is 4.79 Å². The van der Waals surface area contributed by atoms with E-state index in [9.17, 15) is 9.90 Å². The molecule has 1 atom stereocenters. The first-order valence-corrected chi connectivity index (χ1v) is 8.65. The smallest absolute Gasteiger partial charge is 0.306 e. The van der Waals surface area contributed by atoms with E-state index in [0.29, 0.717) is 0 Å². The Kier molecular flexibility index (Phi) is 5.00. The van der Waals surface area contributed by atoms with E-state index >= 15 is 0 Å². The number of carboxylic acids is 1. The summed E-state index contributed by atoms with van der Waals surface area (Å²) < 4.78 is 0. The lowest BCUT2D eigenvalue weighted by molar-refractivity contribution is -0.143. The molecular formula is C21H25NO2. The Labute approximate surface area is 143 Å². The fourth-order valence-corrected chi connectivity index (χ4v) is 3.68. The quantitative estimate of drug-likeness (QED) is 0.917. The van der Waals surface area contributed by atoms with Crippen LogP contribution in [0.15, 0.2) is 48.5 Å². The van der Waals surface area contributed by atoms with Gasteiger partial charge < -0.3 is 5.11 Å². The predicted molar refractivity (Wildman–Crippen MR) is 96.1 cm³/mol. The SMILES string of the molecule is Cc1ccc(C)c(C(c2ccccc2)N2CCC(C(=O)O)CC2)c1. The zero-order valence-corrected chi connectivity index (χ0v) is 14.4. The Hall–Kier alpha value is -2.13. The number of hydrogen-bond donors (Lipinski definition) is 1. The molecule has 0 saturated carbocycles. The highest BCUT2D eigenvalue weighted by Crippen LogP contribution is 2.34. The van der Waals surface area contributed by atoms with Gasteiger partial charge in [-0.1, -0.05) is 54.1 Å². The predicted octanol–water partition coefficient (Wildman–Crippen LogP) is 4.19. The summed E-state index contributed by atoms with van der Waals surface area (Å²) in [5.74, 6) is -0.853. The average Bonchev–Trinajstić information content (AvgIpc) is 2.60. The van der Waals surface area contributed by atoms with Crippen molar-refractivity contribution in [2.75, 3.05) is 13.1 Å². The van der Waals surface area contributed by atoms with Crippen molar-refractivity contribution in [2.45, 2.75) is 32.7 Å². The van der Waals surface area contributed by atoms with Gasteiger partial charge in [0.25, 0.3) is 0 Å². The number of rotatable bonds is 4. The zero-order valence-electron chi connectivity index (χ0n) is 14.4. The molecule has 1 heterocycles. The van der Waals surface area contributed by atoms with Crippen molar-refractivity contribution in [3.63, 3.8) is 0 Å². The van der Waals surface area contributed by atoms with Gasteiger partial charge in [-0.25, -0.2) is 0 Å². The van der Waals surface area contributed by atoms with E-state index in [1.54, 1.807) is 0 Å². The Morgan fingerprint density at radius 2 is 1.75 bits per heavy atom. The lowest BCUT2D eigenvalue weighted by atomic mass is 9.89. The van der Waals surface area contributed by atoms with E-state index < -0.39 is 5.97 Å². The Bertz CT molecular complexity index is 703. The van der Waals surface area contributed by atoms with Gasteiger partial charge in [0.05, 0.1) is 12.0 Å². The second-order valence-electron chi connectivity index (χ2n) is 6.82. The third-order valence-corrected chi connectivity index (χ3v) is 5.09. The molecule has 0 radical (unpaired) electrons. The van der Waals surface area contributed by atoms with Gasteiger partial charge >= 0.3 is 5.97 Å². The molecule has 3 rings (SSSR count). The maximum absolute atomic E-state index is 11.3. The molecule has 3 nitrogen and oxygen atoms in total. The minimum absolute atomic E-state index is 0.195. The molecule has 1 N–H and O–H groups in total. The number of likely N-dealkylation sites (tertiary alicyclic amines) is 1. The summed E-state index contributed by atoms with van der Waals surface area (Å²) in [6.45, 7) is 5.93. The molecule has 2 aromatic rings. The van der Waals surface area contributed by atoms with Gasteiger partial charge in [-0.3, -0.25) is 9.69 Å². The molecule has 126 valence electrons. The topological polar surface area (TPSA) is 40.5 Å². The van der Waals surface area contributed by atoms with Crippen LogP contribution in [0, 0.1) is 19.8 Å². The second-order valence-corrected chi connectivity index (χ2v) is 6.82. The highest BCUT2D eigenvalue weighted by atomic mass is 16.4. The highest BCUT2D eigenvalue weighted by Gasteiger charge is 2.30. The van der Waals surface area contributed by atoms with E-state index in [2.05, 4.69) is 61.2 Å². The summed E-state index contributed by atoms with van der Waals surface area (Å²) in [5, 5.41) is 9.26. The normalized spacial score (nSPS) is 17.6. The third kappa shape index (κ3) is 3.51. The number of nitrogens with zero attached hydrogens (tertiary/aromatic N) is 1. The summed E-state index contributed by atoms with van der Waals surface area (Å²) in [6, 6.07) is 17.4. The lowest BCUT2D eigenvalue weighted by Gasteiger charge is -2.37. The third-order valence-electron chi connectivity index (χ3n) is 5.09. The standard InChI is InChI=1S/C21H25NO2/c1-15-8-9-16(2)19(14-15)20(17-6-4-3-5-7-17)22-12-10-18(11-13-22)21(23)24/h3-9,14,18,20H,10-13H2,1-2H3,(H,23,24). The monoisotopic (exact) mass is 323 g/mol. The molecule has 0 aliphatic carbocycles. The number of piperidine rings is 1. The summed E-state index contributed by atoms with van der Waals surface area (Å²) in [5.41, 5.74) is 5.15. The van der Waals surface area contributed by atoms with Crippen molar-refractivity contribution in [1.29, 1.82) is 0 Å². The van der Waals surface area contributed by atoms with Crippen LogP contribution >= 0.6 is 0 Å². The van der Waals surface area contributed by atoms with Crippen LogP contribution in [0.5, 0.6) is 0 Å². The summed E-state index contributed by atoms with van der Waals surface area (Å²) in [6.07, 6.45) is 1.45. The molecule has 0 spiro atoms. The number of aryl methyl sites for hydroxylation is 2. The first-order valence-electron chi connectivity index (χ1n) is 8.65. The zero-order chi connectivity index (χ0) is 17.1. The fourth-order valence-electron chi connectivity index (χ4n) is 3.68. The molecule has 1 unspecified atom stereocenters. The van der Waals surface area contributed by atoms with Crippen LogP contribution in [0.4, 0.5) is 0 Å². The Morgan fingerprint density at radius 1 is 1.08 bits per heavy atom. The first kappa shape index (κ1) is 16.7. The van der Waals surface area contributed by atoms with Crippen LogP contribution in [0.2, 0.25) is 0 Å². The van der Waals surface area contributed by atoms with Gasteiger partial charge in [0.1, 0.15) is 0 Å². The van der Waals surface area contributed by atoms with Gasteiger partial charge in [-0.2, -0.15) is 0 Å². The van der Waals surface area contributed by atoms with Gasteiger partial charge in [-0.05, 0) is 56.5 Å². The summed E-state index contributed by atoms with van der Waals surface area (Å²) in [7, 11) is 0.